The Morgan fingerprint density at radius 2 is 0.935 bits per heavy atom. The van der Waals surface area contributed by atoms with Gasteiger partial charge in [0.25, 0.3) is 0 Å². The van der Waals surface area contributed by atoms with Crippen LogP contribution in [0.3, 0.4) is 0 Å². The highest BCUT2D eigenvalue weighted by Crippen LogP contribution is 2.20. The summed E-state index contributed by atoms with van der Waals surface area (Å²) in [7, 11) is 0. The largest absolute Gasteiger partial charge is 0.422 e. The molecule has 4 rings (SSSR count). The first kappa shape index (κ1) is 33.6. The molecule has 4 aromatic rings. The van der Waals surface area contributed by atoms with Gasteiger partial charge in [0.1, 0.15) is 11.5 Å². The summed E-state index contributed by atoms with van der Waals surface area (Å²) in [6.07, 6.45) is 3.94. The maximum absolute atomic E-state index is 12.4. The molecule has 0 saturated carbocycles. The molecule has 0 bridgehead atoms. The normalized spacial score (nSPS) is 10.9. The summed E-state index contributed by atoms with van der Waals surface area (Å²) >= 11 is 11.7. The number of nitrogens with one attached hydrogen (secondary N) is 2. The number of ether oxygens (including phenoxy) is 2. The third-order valence-electron chi connectivity index (χ3n) is 6.25. The first-order chi connectivity index (χ1) is 22.3. The van der Waals surface area contributed by atoms with E-state index in [0.717, 1.165) is 0 Å². The van der Waals surface area contributed by atoms with Crippen molar-refractivity contribution < 1.29 is 28.7 Å². The summed E-state index contributed by atoms with van der Waals surface area (Å²) < 4.78 is 10.9. The molecule has 10 nitrogen and oxygen atoms in total. The molecule has 4 aromatic carbocycles. The van der Waals surface area contributed by atoms with Crippen LogP contribution in [-0.2, 0) is 9.59 Å². The molecule has 0 aliphatic heterocycles. The number of nitrogens with zero attached hydrogens (tertiary/aromatic N) is 2. The van der Waals surface area contributed by atoms with Crippen LogP contribution in [0.25, 0.3) is 0 Å². The molecule has 0 unspecified atom stereocenters. The topological polar surface area (TPSA) is 136 Å². The maximum atomic E-state index is 12.4. The van der Waals surface area contributed by atoms with E-state index < -0.39 is 11.9 Å². The molecule has 0 saturated heterocycles. The predicted octanol–water partition coefficient (Wildman–Crippen LogP) is 6.59. The maximum Gasteiger partial charge on any atom is 0.343 e. The van der Waals surface area contributed by atoms with Crippen LogP contribution in [0.2, 0.25) is 10.0 Å². The van der Waals surface area contributed by atoms with Gasteiger partial charge in [0, 0.05) is 34.0 Å². The van der Waals surface area contributed by atoms with Gasteiger partial charge in [0.2, 0.25) is 11.8 Å². The van der Waals surface area contributed by atoms with Crippen molar-refractivity contribution in [3.05, 3.63) is 129 Å². The number of hydrogen-bond donors (Lipinski definition) is 2. The van der Waals surface area contributed by atoms with Crippen molar-refractivity contribution in [3.8, 4) is 11.5 Å². The highest BCUT2D eigenvalue weighted by atomic mass is 35.5. The third kappa shape index (κ3) is 10.7. The lowest BCUT2D eigenvalue weighted by Crippen LogP contribution is -2.19. The molecule has 12 heteroatoms. The van der Waals surface area contributed by atoms with E-state index >= 15 is 0 Å². The Labute approximate surface area is 275 Å². The Kier molecular flexibility index (Phi) is 12.6. The van der Waals surface area contributed by atoms with Crippen molar-refractivity contribution in [2.75, 3.05) is 0 Å². The Bertz CT molecular complexity index is 1610. The fraction of sp³-hybridized carbons (Fsp3) is 0.118. The standard InChI is InChI=1S/C34H28Cl2N4O6/c35-27-17-13-23(14-18-27)33(43)45-29-9-3-1-7-25(29)21-37-39-31(41)11-5-6-12-32(42)40-38-22-26-8-2-4-10-30(26)46-34(44)24-15-19-28(36)20-16-24/h1-4,7-10,13-22H,5-6,11-12H2,(H,39,41)(H,40,42). The summed E-state index contributed by atoms with van der Waals surface area (Å²) in [5.74, 6) is -1.24. The fourth-order valence-electron chi connectivity index (χ4n) is 3.88. The second-order valence-electron chi connectivity index (χ2n) is 9.66. The van der Waals surface area contributed by atoms with Gasteiger partial charge in [0.05, 0.1) is 23.6 Å². The van der Waals surface area contributed by atoms with Gasteiger partial charge in [-0.15, -0.1) is 0 Å². The third-order valence-corrected chi connectivity index (χ3v) is 6.75. The van der Waals surface area contributed by atoms with Crippen molar-refractivity contribution in [3.63, 3.8) is 0 Å². The lowest BCUT2D eigenvalue weighted by atomic mass is 10.2. The van der Waals surface area contributed by atoms with Gasteiger partial charge in [-0.05, 0) is 85.6 Å². The van der Waals surface area contributed by atoms with Crippen molar-refractivity contribution in [2.45, 2.75) is 25.7 Å². The number of benzene rings is 4. The summed E-state index contributed by atoms with van der Waals surface area (Å²) in [4.78, 5) is 49.3. The minimum atomic E-state index is -0.558. The first-order valence-electron chi connectivity index (χ1n) is 14.1. The van der Waals surface area contributed by atoms with E-state index in [1.807, 2.05) is 0 Å². The van der Waals surface area contributed by atoms with Crippen LogP contribution in [0.5, 0.6) is 11.5 Å². The van der Waals surface area contributed by atoms with Crippen LogP contribution in [0, 0.1) is 0 Å². The Hall–Kier alpha value is -5.32. The van der Waals surface area contributed by atoms with Crippen LogP contribution in [0.15, 0.2) is 107 Å². The molecular weight excluding hydrogens is 631 g/mol. The van der Waals surface area contributed by atoms with Gasteiger partial charge >= 0.3 is 11.9 Å². The number of esters is 2. The zero-order valence-electron chi connectivity index (χ0n) is 24.3. The number of amides is 2. The minimum absolute atomic E-state index is 0.146. The monoisotopic (exact) mass is 658 g/mol. The highest BCUT2D eigenvalue weighted by molar-refractivity contribution is 6.31. The van der Waals surface area contributed by atoms with E-state index in [0.29, 0.717) is 45.1 Å². The molecule has 2 N–H and O–H groups in total. The summed E-state index contributed by atoms with van der Waals surface area (Å²) in [6.45, 7) is 0. The number of unbranched alkanes of at least 4 members (excludes halogenated alkanes) is 1. The van der Waals surface area contributed by atoms with Crippen LogP contribution < -0.4 is 20.3 Å². The second kappa shape index (κ2) is 17.2. The van der Waals surface area contributed by atoms with E-state index in [1.165, 1.54) is 12.4 Å². The zero-order chi connectivity index (χ0) is 32.7. The average Bonchev–Trinajstić information content (AvgIpc) is 3.05. The zero-order valence-corrected chi connectivity index (χ0v) is 25.8. The smallest absolute Gasteiger partial charge is 0.343 e. The van der Waals surface area contributed by atoms with Crippen LogP contribution in [0.4, 0.5) is 0 Å². The average molecular weight is 660 g/mol. The molecule has 46 heavy (non-hydrogen) atoms. The molecule has 2 amide bonds. The van der Waals surface area contributed by atoms with E-state index in [1.54, 1.807) is 97.1 Å². The molecule has 0 aliphatic carbocycles. The number of carbonyl (C=O) groups excluding carboxylic acids is 4. The Balaban J connectivity index is 1.16. The number of halogens is 2. The lowest BCUT2D eigenvalue weighted by Gasteiger charge is -2.07. The summed E-state index contributed by atoms with van der Waals surface area (Å²) in [5, 5.41) is 8.92. The number of hydrogen-bond acceptors (Lipinski definition) is 8. The number of carbonyl (C=O) groups is 4. The fourth-order valence-corrected chi connectivity index (χ4v) is 4.13. The van der Waals surface area contributed by atoms with Crippen molar-refractivity contribution in [1.82, 2.24) is 10.9 Å². The number of rotatable bonds is 13. The van der Waals surface area contributed by atoms with Gasteiger partial charge in [-0.1, -0.05) is 47.5 Å². The predicted molar refractivity (Wildman–Crippen MR) is 176 cm³/mol. The Morgan fingerprint density at radius 1 is 0.565 bits per heavy atom. The lowest BCUT2D eigenvalue weighted by molar-refractivity contribution is -0.123. The van der Waals surface area contributed by atoms with E-state index in [9.17, 15) is 19.2 Å². The number of para-hydroxylation sites is 2. The molecule has 234 valence electrons. The van der Waals surface area contributed by atoms with Crippen molar-refractivity contribution in [1.29, 1.82) is 0 Å². The minimum Gasteiger partial charge on any atom is -0.422 e. The summed E-state index contributed by atoms with van der Waals surface area (Å²) in [6, 6.07) is 26.1. The van der Waals surface area contributed by atoms with Gasteiger partial charge in [0.15, 0.2) is 0 Å². The number of hydrazone groups is 2. The van der Waals surface area contributed by atoms with E-state index in [-0.39, 0.29) is 36.2 Å². The quantitative estimate of drug-likeness (QED) is 0.0547. The molecule has 0 spiro atoms. The molecule has 0 fully saturated rings. The van der Waals surface area contributed by atoms with Crippen molar-refractivity contribution >= 4 is 59.4 Å². The molecule has 0 atom stereocenters. The first-order valence-corrected chi connectivity index (χ1v) is 14.8. The van der Waals surface area contributed by atoms with E-state index in [2.05, 4.69) is 21.1 Å². The van der Waals surface area contributed by atoms with E-state index in [4.69, 9.17) is 32.7 Å². The second-order valence-corrected chi connectivity index (χ2v) is 10.5. The molecule has 0 aliphatic rings. The van der Waals surface area contributed by atoms with Crippen LogP contribution >= 0.6 is 23.2 Å². The SMILES string of the molecule is O=C(CCCCC(=O)NN=Cc1ccccc1OC(=O)c1ccc(Cl)cc1)NN=Cc1ccccc1OC(=O)c1ccc(Cl)cc1. The highest BCUT2D eigenvalue weighted by Gasteiger charge is 2.12. The molecule has 0 aromatic heterocycles. The molecule has 0 radical (unpaired) electrons. The summed E-state index contributed by atoms with van der Waals surface area (Å²) in [5.41, 5.74) is 6.52. The van der Waals surface area contributed by atoms with Gasteiger partial charge in [-0.3, -0.25) is 9.59 Å². The Morgan fingerprint density at radius 3 is 1.33 bits per heavy atom. The van der Waals surface area contributed by atoms with Crippen LogP contribution in [-0.4, -0.2) is 36.2 Å². The van der Waals surface area contributed by atoms with Gasteiger partial charge in [-0.25, -0.2) is 20.4 Å². The molecule has 0 heterocycles. The van der Waals surface area contributed by atoms with Crippen LogP contribution in [0.1, 0.15) is 57.5 Å². The van der Waals surface area contributed by atoms with Gasteiger partial charge < -0.3 is 9.47 Å². The van der Waals surface area contributed by atoms with Gasteiger partial charge in [-0.2, -0.15) is 10.2 Å². The van der Waals surface area contributed by atoms with Crippen molar-refractivity contribution in [2.24, 2.45) is 10.2 Å². The molecular formula is C34H28Cl2N4O6.